The van der Waals surface area contributed by atoms with Gasteiger partial charge in [0.2, 0.25) is 0 Å². The first-order valence-corrected chi connectivity index (χ1v) is 8.88. The number of hydrogen-bond acceptors (Lipinski definition) is 3. The van der Waals surface area contributed by atoms with Crippen LogP contribution in [-0.2, 0) is 16.1 Å². The third kappa shape index (κ3) is 3.55. The monoisotopic (exact) mass is 336 g/mol. The van der Waals surface area contributed by atoms with E-state index in [1.54, 1.807) is 7.11 Å². The topological polar surface area (TPSA) is 46.3 Å². The summed E-state index contributed by atoms with van der Waals surface area (Å²) in [6.45, 7) is 2.28. The SMILES string of the molecule is COCc1cc(NC2CCOCC2)c2[nH]c(-c3ccccc3)cc2c1. The van der Waals surface area contributed by atoms with Crippen LogP contribution in [0.1, 0.15) is 18.4 Å². The molecule has 0 amide bonds. The number of methoxy groups -OCH3 is 1. The third-order valence-corrected chi connectivity index (χ3v) is 4.76. The normalized spacial score (nSPS) is 15.6. The van der Waals surface area contributed by atoms with E-state index in [0.717, 1.165) is 43.0 Å². The molecule has 1 aliphatic rings. The Kier molecular flexibility index (Phi) is 4.72. The van der Waals surface area contributed by atoms with Gasteiger partial charge >= 0.3 is 0 Å². The first-order chi connectivity index (χ1) is 12.3. The molecule has 1 aliphatic heterocycles. The van der Waals surface area contributed by atoms with Crippen LogP contribution in [0.4, 0.5) is 5.69 Å². The number of H-pyrrole nitrogens is 1. The van der Waals surface area contributed by atoms with Crippen molar-refractivity contribution in [1.82, 2.24) is 4.98 Å². The van der Waals surface area contributed by atoms with E-state index in [-0.39, 0.29) is 0 Å². The molecule has 4 heteroatoms. The molecule has 2 N–H and O–H groups in total. The predicted octanol–water partition coefficient (Wildman–Crippen LogP) is 4.57. The molecule has 0 unspecified atom stereocenters. The lowest BCUT2D eigenvalue weighted by molar-refractivity contribution is 0.0905. The van der Waals surface area contributed by atoms with Gasteiger partial charge in [-0.05, 0) is 42.2 Å². The number of aromatic nitrogens is 1. The first-order valence-electron chi connectivity index (χ1n) is 8.88. The van der Waals surface area contributed by atoms with Gasteiger partial charge < -0.3 is 19.8 Å². The Labute approximate surface area is 148 Å². The molecule has 0 bridgehead atoms. The van der Waals surface area contributed by atoms with E-state index < -0.39 is 0 Å². The van der Waals surface area contributed by atoms with E-state index in [1.807, 2.05) is 6.07 Å². The van der Waals surface area contributed by atoms with Crippen molar-refractivity contribution in [3.63, 3.8) is 0 Å². The average molecular weight is 336 g/mol. The second-order valence-corrected chi connectivity index (χ2v) is 6.62. The summed E-state index contributed by atoms with van der Waals surface area (Å²) in [7, 11) is 1.74. The van der Waals surface area contributed by atoms with E-state index in [1.165, 1.54) is 16.5 Å². The zero-order valence-electron chi connectivity index (χ0n) is 14.5. The number of hydrogen-bond donors (Lipinski definition) is 2. The fourth-order valence-electron chi connectivity index (χ4n) is 3.51. The molecule has 4 rings (SSSR count). The first kappa shape index (κ1) is 16.2. The number of benzene rings is 2. The van der Waals surface area contributed by atoms with E-state index >= 15 is 0 Å². The number of nitrogens with one attached hydrogen (secondary N) is 2. The zero-order valence-corrected chi connectivity index (χ0v) is 14.5. The fourth-order valence-corrected chi connectivity index (χ4v) is 3.51. The molecule has 0 radical (unpaired) electrons. The van der Waals surface area contributed by atoms with Crippen LogP contribution in [-0.4, -0.2) is 31.3 Å². The highest BCUT2D eigenvalue weighted by Gasteiger charge is 2.16. The summed E-state index contributed by atoms with van der Waals surface area (Å²) in [6.07, 6.45) is 2.09. The molecule has 4 nitrogen and oxygen atoms in total. The zero-order chi connectivity index (χ0) is 17.1. The van der Waals surface area contributed by atoms with Crippen LogP contribution in [0.25, 0.3) is 22.2 Å². The molecule has 25 heavy (non-hydrogen) atoms. The van der Waals surface area contributed by atoms with Crippen molar-refractivity contribution in [2.75, 3.05) is 25.6 Å². The molecule has 1 fully saturated rings. The van der Waals surface area contributed by atoms with Crippen LogP contribution in [0, 0.1) is 0 Å². The number of anilines is 1. The minimum atomic E-state index is 0.457. The predicted molar refractivity (Wildman–Crippen MR) is 102 cm³/mol. The van der Waals surface area contributed by atoms with E-state index in [9.17, 15) is 0 Å². The lowest BCUT2D eigenvalue weighted by atomic mass is 10.1. The summed E-state index contributed by atoms with van der Waals surface area (Å²) >= 11 is 0. The number of ether oxygens (including phenoxy) is 2. The standard InChI is InChI=1S/C21H24N2O2/c1-24-14-15-11-17-13-19(16-5-3-2-4-6-16)23-21(17)20(12-15)22-18-7-9-25-10-8-18/h2-6,11-13,18,22-23H,7-10,14H2,1H3. The highest BCUT2D eigenvalue weighted by molar-refractivity contribution is 5.95. The van der Waals surface area contributed by atoms with Gasteiger partial charge in [0.1, 0.15) is 0 Å². The highest BCUT2D eigenvalue weighted by atomic mass is 16.5. The molecule has 3 aromatic rings. The molecule has 1 aromatic heterocycles. The molecule has 0 saturated carbocycles. The van der Waals surface area contributed by atoms with Crippen LogP contribution in [0.5, 0.6) is 0 Å². The Balaban J connectivity index is 1.74. The molecule has 2 heterocycles. The largest absolute Gasteiger partial charge is 0.381 e. The summed E-state index contributed by atoms with van der Waals surface area (Å²) in [5.74, 6) is 0. The Bertz CT molecular complexity index is 836. The van der Waals surface area contributed by atoms with Gasteiger partial charge in [0.15, 0.2) is 0 Å². The molecule has 1 saturated heterocycles. The maximum Gasteiger partial charge on any atom is 0.0714 e. The number of aromatic amines is 1. The fraction of sp³-hybridized carbons (Fsp3) is 0.333. The van der Waals surface area contributed by atoms with Crippen molar-refractivity contribution in [1.29, 1.82) is 0 Å². The van der Waals surface area contributed by atoms with Crippen molar-refractivity contribution in [2.24, 2.45) is 0 Å². The minimum absolute atomic E-state index is 0.457. The van der Waals surface area contributed by atoms with Crippen molar-refractivity contribution >= 4 is 16.6 Å². The Morgan fingerprint density at radius 3 is 2.68 bits per heavy atom. The van der Waals surface area contributed by atoms with E-state index in [2.05, 4.69) is 52.8 Å². The van der Waals surface area contributed by atoms with Gasteiger partial charge in [-0.3, -0.25) is 0 Å². The van der Waals surface area contributed by atoms with Gasteiger partial charge in [-0.25, -0.2) is 0 Å². The summed E-state index contributed by atoms with van der Waals surface area (Å²) in [5.41, 5.74) is 5.83. The maximum atomic E-state index is 5.48. The second-order valence-electron chi connectivity index (χ2n) is 6.62. The van der Waals surface area contributed by atoms with Gasteiger partial charge in [-0.2, -0.15) is 0 Å². The Morgan fingerprint density at radius 1 is 1.12 bits per heavy atom. The van der Waals surface area contributed by atoms with Crippen LogP contribution in [0.2, 0.25) is 0 Å². The highest BCUT2D eigenvalue weighted by Crippen LogP contribution is 2.31. The average Bonchev–Trinajstić information content (AvgIpc) is 3.08. The molecule has 0 aliphatic carbocycles. The molecule has 2 aromatic carbocycles. The van der Waals surface area contributed by atoms with Crippen LogP contribution < -0.4 is 5.32 Å². The van der Waals surface area contributed by atoms with E-state index in [0.29, 0.717) is 12.6 Å². The van der Waals surface area contributed by atoms with Gasteiger partial charge in [0.05, 0.1) is 17.8 Å². The van der Waals surface area contributed by atoms with Gasteiger partial charge in [-0.15, -0.1) is 0 Å². The summed E-state index contributed by atoms with van der Waals surface area (Å²) in [5, 5.41) is 4.93. The van der Waals surface area contributed by atoms with Gasteiger partial charge in [-0.1, -0.05) is 30.3 Å². The summed E-state index contributed by atoms with van der Waals surface area (Å²) < 4.78 is 10.8. The quantitative estimate of drug-likeness (QED) is 0.717. The lowest BCUT2D eigenvalue weighted by Crippen LogP contribution is -2.28. The van der Waals surface area contributed by atoms with E-state index in [4.69, 9.17) is 9.47 Å². The molecular formula is C21H24N2O2. The summed E-state index contributed by atoms with van der Waals surface area (Å²) in [4.78, 5) is 3.60. The number of rotatable bonds is 5. The summed E-state index contributed by atoms with van der Waals surface area (Å²) in [6, 6.07) is 17.5. The van der Waals surface area contributed by atoms with Crippen molar-refractivity contribution in [3.8, 4) is 11.3 Å². The van der Waals surface area contributed by atoms with Crippen molar-refractivity contribution < 1.29 is 9.47 Å². The molecular weight excluding hydrogens is 312 g/mol. The van der Waals surface area contributed by atoms with Crippen molar-refractivity contribution in [3.05, 3.63) is 54.1 Å². The van der Waals surface area contributed by atoms with Gasteiger partial charge in [0, 0.05) is 37.4 Å². The molecule has 0 atom stereocenters. The third-order valence-electron chi connectivity index (χ3n) is 4.76. The maximum absolute atomic E-state index is 5.48. The van der Waals surface area contributed by atoms with Crippen LogP contribution in [0.15, 0.2) is 48.5 Å². The van der Waals surface area contributed by atoms with Crippen LogP contribution in [0.3, 0.4) is 0 Å². The lowest BCUT2D eigenvalue weighted by Gasteiger charge is -2.24. The van der Waals surface area contributed by atoms with Crippen LogP contribution >= 0.6 is 0 Å². The smallest absolute Gasteiger partial charge is 0.0714 e. The molecule has 0 spiro atoms. The van der Waals surface area contributed by atoms with Crippen molar-refractivity contribution in [2.45, 2.75) is 25.5 Å². The Morgan fingerprint density at radius 2 is 1.92 bits per heavy atom. The molecule has 130 valence electrons. The Hall–Kier alpha value is -2.30. The number of fused-ring (bicyclic) bond motifs is 1. The minimum Gasteiger partial charge on any atom is -0.381 e. The second kappa shape index (κ2) is 7.30. The van der Waals surface area contributed by atoms with Gasteiger partial charge in [0.25, 0.3) is 0 Å².